The second-order valence-corrected chi connectivity index (χ2v) is 6.50. The molecule has 2 N–H and O–H groups in total. The molecular weight excluding hydrogens is 264 g/mol. The van der Waals surface area contributed by atoms with Gasteiger partial charge >= 0.3 is 0 Å². The number of nitrogens with zero attached hydrogens (tertiary/aromatic N) is 1. The number of nitrogen functional groups attached to an aromatic ring is 1. The van der Waals surface area contributed by atoms with E-state index >= 15 is 0 Å². The minimum absolute atomic E-state index is 0.0311. The van der Waals surface area contributed by atoms with Crippen LogP contribution < -0.4 is 5.73 Å². The topological polar surface area (TPSA) is 59.5 Å². The predicted octanol–water partition coefficient (Wildman–Crippen LogP) is 3.28. The van der Waals surface area contributed by atoms with Crippen LogP contribution in [0.15, 0.2) is 28.7 Å². The Bertz CT molecular complexity index is 669. The van der Waals surface area contributed by atoms with E-state index in [9.17, 15) is 4.79 Å². The second-order valence-electron chi connectivity index (χ2n) is 6.50. The molecule has 2 saturated carbocycles. The molecule has 4 rings (SSSR count). The Labute approximate surface area is 123 Å². The van der Waals surface area contributed by atoms with Crippen LogP contribution in [0, 0.1) is 11.8 Å². The van der Waals surface area contributed by atoms with Crippen LogP contribution in [0.1, 0.15) is 36.2 Å². The number of anilines is 1. The van der Waals surface area contributed by atoms with E-state index in [1.54, 1.807) is 6.07 Å². The van der Waals surface area contributed by atoms with Crippen molar-refractivity contribution < 1.29 is 9.21 Å². The molecule has 0 atom stereocenters. The zero-order chi connectivity index (χ0) is 14.4. The summed E-state index contributed by atoms with van der Waals surface area (Å²) in [5.74, 6) is 1.88. The maximum Gasteiger partial charge on any atom is 0.289 e. The quantitative estimate of drug-likeness (QED) is 0.857. The number of benzene rings is 1. The normalized spacial score (nSPS) is 18.1. The Morgan fingerprint density at radius 1 is 1.14 bits per heavy atom. The third-order valence-electron chi connectivity index (χ3n) is 4.39. The second kappa shape index (κ2) is 4.79. The number of hydrogen-bond acceptors (Lipinski definition) is 3. The van der Waals surface area contributed by atoms with Gasteiger partial charge in [0.1, 0.15) is 5.58 Å². The molecular formula is C17H20N2O2. The first kappa shape index (κ1) is 12.7. The fourth-order valence-corrected chi connectivity index (χ4v) is 2.79. The van der Waals surface area contributed by atoms with Crippen LogP contribution >= 0.6 is 0 Å². The maximum atomic E-state index is 12.7. The standard InChI is InChI=1S/C17H20N2O2/c18-14-5-6-15-13(7-14)8-16(21-15)17(20)19(9-11-1-2-11)10-12-3-4-12/h5-8,11-12H,1-4,9-10,18H2. The van der Waals surface area contributed by atoms with Gasteiger partial charge in [0.05, 0.1) is 0 Å². The summed E-state index contributed by atoms with van der Waals surface area (Å²) in [6.45, 7) is 1.77. The van der Waals surface area contributed by atoms with Crippen LogP contribution in [0.25, 0.3) is 11.0 Å². The summed E-state index contributed by atoms with van der Waals surface area (Å²) in [4.78, 5) is 14.7. The van der Waals surface area contributed by atoms with Crippen molar-refractivity contribution in [3.8, 4) is 0 Å². The van der Waals surface area contributed by atoms with E-state index < -0.39 is 0 Å². The summed E-state index contributed by atoms with van der Waals surface area (Å²) in [7, 11) is 0. The van der Waals surface area contributed by atoms with Crippen molar-refractivity contribution in [2.24, 2.45) is 11.8 Å². The van der Waals surface area contributed by atoms with E-state index in [1.807, 2.05) is 23.1 Å². The molecule has 1 aromatic carbocycles. The van der Waals surface area contributed by atoms with Crippen molar-refractivity contribution >= 4 is 22.6 Å². The molecule has 2 aliphatic rings. The van der Waals surface area contributed by atoms with Crippen LogP contribution in [0.3, 0.4) is 0 Å². The number of amides is 1. The van der Waals surface area contributed by atoms with Crippen LogP contribution in [0.2, 0.25) is 0 Å². The number of nitrogens with two attached hydrogens (primary N) is 1. The van der Waals surface area contributed by atoms with Gasteiger partial charge in [-0.2, -0.15) is 0 Å². The number of furan rings is 1. The first-order valence-electron chi connectivity index (χ1n) is 7.77. The van der Waals surface area contributed by atoms with Crippen LogP contribution in [-0.4, -0.2) is 23.9 Å². The average Bonchev–Trinajstić information content (AvgIpc) is 3.38. The summed E-state index contributed by atoms with van der Waals surface area (Å²) < 4.78 is 5.72. The summed E-state index contributed by atoms with van der Waals surface area (Å²) in [5, 5.41) is 0.899. The van der Waals surface area contributed by atoms with Crippen LogP contribution in [0.4, 0.5) is 5.69 Å². The third kappa shape index (κ3) is 2.75. The highest BCUT2D eigenvalue weighted by molar-refractivity contribution is 5.96. The molecule has 1 aromatic heterocycles. The van der Waals surface area contributed by atoms with Crippen molar-refractivity contribution in [2.45, 2.75) is 25.7 Å². The number of carbonyl (C=O) groups is 1. The molecule has 4 nitrogen and oxygen atoms in total. The maximum absolute atomic E-state index is 12.7. The molecule has 0 aliphatic heterocycles. The van der Waals surface area contributed by atoms with Gasteiger partial charge in [-0.15, -0.1) is 0 Å². The number of fused-ring (bicyclic) bond motifs is 1. The molecule has 0 spiro atoms. The summed E-state index contributed by atoms with van der Waals surface area (Å²) in [6.07, 6.45) is 5.02. The lowest BCUT2D eigenvalue weighted by molar-refractivity contribution is 0.0710. The first-order valence-corrected chi connectivity index (χ1v) is 7.77. The molecule has 21 heavy (non-hydrogen) atoms. The average molecular weight is 284 g/mol. The van der Waals surface area contributed by atoms with Crippen LogP contribution in [0.5, 0.6) is 0 Å². The molecule has 2 aliphatic carbocycles. The van der Waals surface area contributed by atoms with Crippen LogP contribution in [-0.2, 0) is 0 Å². The largest absolute Gasteiger partial charge is 0.451 e. The van der Waals surface area contributed by atoms with Gasteiger partial charge in [-0.3, -0.25) is 4.79 Å². The first-order chi connectivity index (χ1) is 10.2. The number of rotatable bonds is 5. The molecule has 4 heteroatoms. The van der Waals surface area contributed by atoms with E-state index in [0.717, 1.165) is 24.1 Å². The highest BCUT2D eigenvalue weighted by Gasteiger charge is 2.32. The van der Waals surface area contributed by atoms with Gasteiger partial charge in [0.2, 0.25) is 0 Å². The van der Waals surface area contributed by atoms with E-state index in [2.05, 4.69) is 0 Å². The SMILES string of the molecule is Nc1ccc2oc(C(=O)N(CC3CC3)CC3CC3)cc2c1. The Kier molecular flexibility index (Phi) is 2.91. The predicted molar refractivity (Wildman–Crippen MR) is 82.0 cm³/mol. The lowest BCUT2D eigenvalue weighted by atomic mass is 10.2. The zero-order valence-corrected chi connectivity index (χ0v) is 12.0. The molecule has 0 bridgehead atoms. The van der Waals surface area contributed by atoms with Gasteiger partial charge in [-0.1, -0.05) is 0 Å². The van der Waals surface area contributed by atoms with E-state index in [0.29, 0.717) is 23.3 Å². The minimum atomic E-state index is 0.0311. The van der Waals surface area contributed by atoms with Crippen molar-refractivity contribution in [2.75, 3.05) is 18.8 Å². The van der Waals surface area contributed by atoms with Crippen molar-refractivity contribution in [3.05, 3.63) is 30.0 Å². The third-order valence-corrected chi connectivity index (χ3v) is 4.39. The van der Waals surface area contributed by atoms with Crippen molar-refractivity contribution in [3.63, 3.8) is 0 Å². The van der Waals surface area contributed by atoms with E-state index in [1.165, 1.54) is 25.7 Å². The van der Waals surface area contributed by atoms with Gasteiger partial charge in [0, 0.05) is 24.2 Å². The van der Waals surface area contributed by atoms with Gasteiger partial charge in [0.15, 0.2) is 5.76 Å². The van der Waals surface area contributed by atoms with Gasteiger partial charge in [-0.05, 0) is 61.8 Å². The molecule has 0 radical (unpaired) electrons. The number of carbonyl (C=O) groups excluding carboxylic acids is 1. The zero-order valence-electron chi connectivity index (χ0n) is 12.0. The fourth-order valence-electron chi connectivity index (χ4n) is 2.79. The van der Waals surface area contributed by atoms with E-state index in [-0.39, 0.29) is 5.91 Å². The summed E-state index contributed by atoms with van der Waals surface area (Å²) in [5.41, 5.74) is 7.20. The molecule has 0 unspecified atom stereocenters. The molecule has 1 amide bonds. The lowest BCUT2D eigenvalue weighted by Gasteiger charge is -2.21. The van der Waals surface area contributed by atoms with Gasteiger partial charge in [-0.25, -0.2) is 0 Å². The Hall–Kier alpha value is -1.97. The van der Waals surface area contributed by atoms with E-state index in [4.69, 9.17) is 10.2 Å². The lowest BCUT2D eigenvalue weighted by Crippen LogP contribution is -2.34. The molecule has 0 saturated heterocycles. The monoisotopic (exact) mass is 284 g/mol. The highest BCUT2D eigenvalue weighted by Crippen LogP contribution is 2.34. The molecule has 1 heterocycles. The van der Waals surface area contributed by atoms with Crippen molar-refractivity contribution in [1.29, 1.82) is 0 Å². The minimum Gasteiger partial charge on any atom is -0.451 e. The van der Waals surface area contributed by atoms with Crippen molar-refractivity contribution in [1.82, 2.24) is 4.90 Å². The Morgan fingerprint density at radius 3 is 2.43 bits per heavy atom. The molecule has 2 fully saturated rings. The Morgan fingerprint density at radius 2 is 1.81 bits per heavy atom. The smallest absolute Gasteiger partial charge is 0.289 e. The Balaban J connectivity index is 1.59. The number of hydrogen-bond donors (Lipinski definition) is 1. The van der Waals surface area contributed by atoms with Gasteiger partial charge < -0.3 is 15.1 Å². The highest BCUT2D eigenvalue weighted by atomic mass is 16.3. The molecule has 2 aromatic rings. The summed E-state index contributed by atoms with van der Waals surface area (Å²) in [6, 6.07) is 7.29. The fraction of sp³-hybridized carbons (Fsp3) is 0.471. The summed E-state index contributed by atoms with van der Waals surface area (Å²) >= 11 is 0. The molecule has 110 valence electrons. The van der Waals surface area contributed by atoms with Gasteiger partial charge in [0.25, 0.3) is 5.91 Å².